The van der Waals surface area contributed by atoms with E-state index in [0.29, 0.717) is 24.5 Å². The Bertz CT molecular complexity index is 1280. The number of rotatable bonds is 6. The van der Waals surface area contributed by atoms with Crippen LogP contribution in [0.3, 0.4) is 0 Å². The molecule has 2 heterocycles. The van der Waals surface area contributed by atoms with Crippen LogP contribution in [0.15, 0.2) is 60.8 Å². The SMILES string of the molecule is CC(C)[C@@H](NC(=O)/C=C/c1c[nH]c2ccccc12)C(=O)N1CC[C@](O)(c2ccc(Cl)cc2)C(C)(C)C1. The molecule has 190 valence electrons. The van der Waals surface area contributed by atoms with Crippen LogP contribution in [0.4, 0.5) is 0 Å². The third-order valence-corrected chi connectivity index (χ3v) is 7.60. The zero-order valence-electron chi connectivity index (χ0n) is 21.2. The van der Waals surface area contributed by atoms with Crippen molar-refractivity contribution in [2.45, 2.75) is 45.8 Å². The van der Waals surface area contributed by atoms with E-state index in [1.54, 1.807) is 23.1 Å². The van der Waals surface area contributed by atoms with Gasteiger partial charge in [-0.3, -0.25) is 9.59 Å². The minimum absolute atomic E-state index is 0.0943. The number of hydrogen-bond acceptors (Lipinski definition) is 3. The molecule has 0 spiro atoms. The van der Waals surface area contributed by atoms with E-state index in [1.165, 1.54) is 6.08 Å². The van der Waals surface area contributed by atoms with E-state index in [2.05, 4.69) is 10.3 Å². The summed E-state index contributed by atoms with van der Waals surface area (Å²) in [5, 5.41) is 16.2. The number of fused-ring (bicyclic) bond motifs is 1. The highest BCUT2D eigenvalue weighted by Gasteiger charge is 2.50. The van der Waals surface area contributed by atoms with Crippen LogP contribution in [0.25, 0.3) is 17.0 Å². The number of para-hydroxylation sites is 1. The number of benzene rings is 2. The van der Waals surface area contributed by atoms with Gasteiger partial charge in [0.15, 0.2) is 0 Å². The quantitative estimate of drug-likeness (QED) is 0.405. The van der Waals surface area contributed by atoms with Crippen molar-refractivity contribution in [2.75, 3.05) is 13.1 Å². The topological polar surface area (TPSA) is 85.4 Å². The number of carbonyl (C=O) groups excluding carboxylic acids is 2. The molecule has 1 fully saturated rings. The van der Waals surface area contributed by atoms with Crippen LogP contribution in [0.1, 0.15) is 45.2 Å². The molecule has 6 nitrogen and oxygen atoms in total. The number of hydrogen-bond donors (Lipinski definition) is 3. The molecular weight excluding hydrogens is 474 g/mol. The van der Waals surface area contributed by atoms with Crippen LogP contribution in [0, 0.1) is 11.3 Å². The number of aromatic nitrogens is 1. The minimum atomic E-state index is -1.09. The first kappa shape index (κ1) is 26.0. The van der Waals surface area contributed by atoms with E-state index in [4.69, 9.17) is 11.6 Å². The van der Waals surface area contributed by atoms with Gasteiger partial charge in [-0.15, -0.1) is 0 Å². The molecule has 0 radical (unpaired) electrons. The highest BCUT2D eigenvalue weighted by atomic mass is 35.5. The van der Waals surface area contributed by atoms with Gasteiger partial charge in [-0.25, -0.2) is 0 Å². The van der Waals surface area contributed by atoms with Crippen LogP contribution in [-0.2, 0) is 15.2 Å². The van der Waals surface area contributed by atoms with Crippen molar-refractivity contribution in [3.8, 4) is 0 Å². The molecule has 4 rings (SSSR count). The Kier molecular flexibility index (Phi) is 7.30. The lowest BCUT2D eigenvalue weighted by Crippen LogP contribution is -2.60. The minimum Gasteiger partial charge on any atom is -0.384 e. The molecule has 0 unspecified atom stereocenters. The average molecular weight is 508 g/mol. The van der Waals surface area contributed by atoms with Gasteiger partial charge in [-0.05, 0) is 47.7 Å². The molecule has 1 aliphatic heterocycles. The van der Waals surface area contributed by atoms with Crippen LogP contribution in [0.5, 0.6) is 0 Å². The predicted octanol–water partition coefficient (Wildman–Crippen LogP) is 5.12. The van der Waals surface area contributed by atoms with Gasteiger partial charge < -0.3 is 20.3 Å². The molecule has 0 saturated carbocycles. The van der Waals surface area contributed by atoms with E-state index in [1.807, 2.05) is 70.3 Å². The summed E-state index contributed by atoms with van der Waals surface area (Å²) in [4.78, 5) is 31.3. The van der Waals surface area contributed by atoms with Crippen molar-refractivity contribution in [3.05, 3.63) is 77.0 Å². The zero-order chi connectivity index (χ0) is 26.1. The second kappa shape index (κ2) is 10.1. The third kappa shape index (κ3) is 5.06. The number of H-pyrrole nitrogens is 1. The number of piperidine rings is 1. The van der Waals surface area contributed by atoms with Gasteiger partial charge in [-0.1, -0.05) is 69.6 Å². The maximum Gasteiger partial charge on any atom is 0.245 e. The molecule has 0 aliphatic carbocycles. The zero-order valence-corrected chi connectivity index (χ0v) is 22.0. The Morgan fingerprint density at radius 3 is 2.50 bits per heavy atom. The maximum atomic E-state index is 13.5. The third-order valence-electron chi connectivity index (χ3n) is 7.35. The van der Waals surface area contributed by atoms with E-state index < -0.39 is 17.1 Å². The van der Waals surface area contributed by atoms with Crippen molar-refractivity contribution < 1.29 is 14.7 Å². The second-order valence-electron chi connectivity index (χ2n) is 10.6. The van der Waals surface area contributed by atoms with Crippen LogP contribution < -0.4 is 5.32 Å². The summed E-state index contributed by atoms with van der Waals surface area (Å²) < 4.78 is 0. The number of aromatic amines is 1. The van der Waals surface area contributed by atoms with Crippen molar-refractivity contribution >= 4 is 40.4 Å². The first-order valence-electron chi connectivity index (χ1n) is 12.3. The number of likely N-dealkylation sites (tertiary alicyclic amines) is 1. The van der Waals surface area contributed by atoms with Gasteiger partial charge in [0.05, 0.1) is 5.60 Å². The lowest BCUT2D eigenvalue weighted by molar-refractivity contribution is -0.156. The van der Waals surface area contributed by atoms with Gasteiger partial charge in [0.1, 0.15) is 6.04 Å². The van der Waals surface area contributed by atoms with E-state index in [9.17, 15) is 14.7 Å². The predicted molar refractivity (Wildman–Crippen MR) is 144 cm³/mol. The van der Waals surface area contributed by atoms with Gasteiger partial charge in [0, 0.05) is 46.7 Å². The number of carbonyl (C=O) groups is 2. The number of nitrogens with one attached hydrogen (secondary N) is 2. The number of amides is 2. The highest BCUT2D eigenvalue weighted by molar-refractivity contribution is 6.30. The molecule has 0 bridgehead atoms. The molecule has 1 saturated heterocycles. The van der Waals surface area contributed by atoms with Crippen LogP contribution >= 0.6 is 11.6 Å². The molecule has 1 aromatic heterocycles. The average Bonchev–Trinajstić information content (AvgIpc) is 3.26. The Morgan fingerprint density at radius 2 is 1.83 bits per heavy atom. The Labute approximate surface area is 217 Å². The standard InChI is InChI=1S/C29H34ClN3O3/c1-19(2)26(32-25(34)14-9-20-17-31-24-8-6-5-7-23(20)24)27(35)33-16-15-29(36,28(3,4)18-33)21-10-12-22(30)13-11-21/h5-14,17,19,26,31,36H,15-16,18H2,1-4H3,(H,32,34)/b14-9+/t26-,29+/m1/s1. The van der Waals surface area contributed by atoms with Gasteiger partial charge >= 0.3 is 0 Å². The molecule has 3 aromatic rings. The fraction of sp³-hybridized carbons (Fsp3) is 0.379. The van der Waals surface area contributed by atoms with E-state index >= 15 is 0 Å². The van der Waals surface area contributed by atoms with Crippen LogP contribution in [-0.4, -0.2) is 45.9 Å². The largest absolute Gasteiger partial charge is 0.384 e. The summed E-state index contributed by atoms with van der Waals surface area (Å²) in [7, 11) is 0. The Balaban J connectivity index is 1.46. The molecule has 2 atom stereocenters. The lowest BCUT2D eigenvalue weighted by atomic mass is 9.66. The van der Waals surface area contributed by atoms with Gasteiger partial charge in [0.2, 0.25) is 11.8 Å². The number of halogens is 1. The Morgan fingerprint density at radius 1 is 1.14 bits per heavy atom. The summed E-state index contributed by atoms with van der Waals surface area (Å²) in [6, 6.07) is 14.5. The summed E-state index contributed by atoms with van der Waals surface area (Å²) in [6.45, 7) is 8.54. The smallest absolute Gasteiger partial charge is 0.245 e. The molecule has 36 heavy (non-hydrogen) atoms. The van der Waals surface area contributed by atoms with E-state index in [-0.39, 0.29) is 17.7 Å². The number of nitrogens with zero attached hydrogens (tertiary/aromatic N) is 1. The molecule has 3 N–H and O–H groups in total. The maximum absolute atomic E-state index is 13.5. The fourth-order valence-corrected chi connectivity index (χ4v) is 5.21. The summed E-state index contributed by atoms with van der Waals surface area (Å²) >= 11 is 6.04. The Hall–Kier alpha value is -3.09. The first-order chi connectivity index (χ1) is 17.0. The highest BCUT2D eigenvalue weighted by Crippen LogP contribution is 2.46. The number of aliphatic hydroxyl groups is 1. The normalized spacial score (nSPS) is 20.7. The summed E-state index contributed by atoms with van der Waals surface area (Å²) in [5.74, 6) is -0.547. The summed E-state index contributed by atoms with van der Waals surface area (Å²) in [6.07, 6.45) is 5.48. The molecule has 7 heteroatoms. The van der Waals surface area contributed by atoms with Crippen molar-refractivity contribution in [1.82, 2.24) is 15.2 Å². The van der Waals surface area contributed by atoms with Gasteiger partial charge in [-0.2, -0.15) is 0 Å². The monoisotopic (exact) mass is 507 g/mol. The van der Waals surface area contributed by atoms with Crippen molar-refractivity contribution in [3.63, 3.8) is 0 Å². The van der Waals surface area contributed by atoms with Crippen molar-refractivity contribution in [2.24, 2.45) is 11.3 Å². The second-order valence-corrected chi connectivity index (χ2v) is 11.1. The first-order valence-corrected chi connectivity index (χ1v) is 12.7. The van der Waals surface area contributed by atoms with E-state index in [0.717, 1.165) is 22.0 Å². The fourth-order valence-electron chi connectivity index (χ4n) is 5.08. The lowest BCUT2D eigenvalue weighted by Gasteiger charge is -2.51. The molecule has 1 aliphatic rings. The molecule has 2 amide bonds. The summed E-state index contributed by atoms with van der Waals surface area (Å²) in [5.41, 5.74) is 1.01. The van der Waals surface area contributed by atoms with Crippen LogP contribution in [0.2, 0.25) is 5.02 Å². The van der Waals surface area contributed by atoms with Crippen molar-refractivity contribution in [1.29, 1.82) is 0 Å². The molecular formula is C29H34ClN3O3. The molecule has 2 aromatic carbocycles. The van der Waals surface area contributed by atoms with Gasteiger partial charge in [0.25, 0.3) is 0 Å².